The van der Waals surface area contributed by atoms with Crippen LogP contribution in [0.1, 0.15) is 11.1 Å². The number of carboxylic acid groups (broad SMARTS) is 1. The summed E-state index contributed by atoms with van der Waals surface area (Å²) < 4.78 is 36.7. The van der Waals surface area contributed by atoms with Crippen LogP contribution in [0.15, 0.2) is 24.3 Å². The van der Waals surface area contributed by atoms with Crippen molar-refractivity contribution in [3.8, 4) is 0 Å². The Morgan fingerprint density at radius 1 is 1.24 bits per heavy atom. The van der Waals surface area contributed by atoms with Crippen molar-refractivity contribution in [1.29, 1.82) is 0 Å². The van der Waals surface area contributed by atoms with E-state index in [2.05, 4.69) is 0 Å². The fourth-order valence-electron chi connectivity index (χ4n) is 1.44. The summed E-state index contributed by atoms with van der Waals surface area (Å²) in [7, 11) is 0. The molecule has 1 atom stereocenters. The van der Waals surface area contributed by atoms with Crippen LogP contribution in [-0.2, 0) is 17.6 Å². The summed E-state index contributed by atoms with van der Waals surface area (Å²) in [5, 5.41) is 17.6. The summed E-state index contributed by atoms with van der Waals surface area (Å²) in [4.78, 5) is 10.4. The van der Waals surface area contributed by atoms with Crippen molar-refractivity contribution in [2.24, 2.45) is 0 Å². The fourth-order valence-corrected chi connectivity index (χ4v) is 1.44. The van der Waals surface area contributed by atoms with Gasteiger partial charge in [0.25, 0.3) is 0 Å². The van der Waals surface area contributed by atoms with Gasteiger partial charge in [-0.1, -0.05) is 24.3 Å². The first-order valence-corrected chi connectivity index (χ1v) is 4.84. The molecule has 0 aliphatic heterocycles. The largest absolute Gasteiger partial charge is 0.479 e. The first-order valence-electron chi connectivity index (χ1n) is 4.84. The Hall–Kier alpha value is -1.56. The van der Waals surface area contributed by atoms with Gasteiger partial charge in [0, 0.05) is 6.42 Å². The molecule has 1 aromatic carbocycles. The van der Waals surface area contributed by atoms with E-state index >= 15 is 0 Å². The molecule has 0 aliphatic rings. The topological polar surface area (TPSA) is 57.5 Å². The Labute approximate surface area is 95.5 Å². The van der Waals surface area contributed by atoms with Crippen LogP contribution in [0.4, 0.5) is 13.2 Å². The highest BCUT2D eigenvalue weighted by molar-refractivity contribution is 5.72. The van der Waals surface area contributed by atoms with Gasteiger partial charge in [-0.25, -0.2) is 4.79 Å². The molecular formula is C11H11F3O3. The molecule has 94 valence electrons. The van der Waals surface area contributed by atoms with Crippen molar-refractivity contribution in [2.45, 2.75) is 25.1 Å². The smallest absolute Gasteiger partial charge is 0.393 e. The Morgan fingerprint density at radius 3 is 2.24 bits per heavy atom. The summed E-state index contributed by atoms with van der Waals surface area (Å²) in [6.45, 7) is 0. The monoisotopic (exact) mass is 248 g/mol. The molecular weight excluding hydrogens is 237 g/mol. The van der Waals surface area contributed by atoms with Crippen molar-refractivity contribution >= 4 is 5.97 Å². The molecule has 1 rings (SSSR count). The standard InChI is InChI=1S/C11H11F3O3/c12-11(13,14)6-8-4-2-1-3-7(8)5-9(15)10(16)17/h1-4,9,15H,5-6H2,(H,16,17)/t9-/m1/s1. The van der Waals surface area contributed by atoms with Crippen LogP contribution in [0.2, 0.25) is 0 Å². The lowest BCUT2D eigenvalue weighted by molar-refractivity contribution is -0.146. The minimum absolute atomic E-state index is 0.0136. The van der Waals surface area contributed by atoms with Crippen LogP contribution in [0, 0.1) is 0 Å². The predicted octanol–water partition coefficient (Wildman–Crippen LogP) is 1.78. The first kappa shape index (κ1) is 13.5. The van der Waals surface area contributed by atoms with Crippen molar-refractivity contribution in [3.63, 3.8) is 0 Å². The third-order valence-corrected chi connectivity index (χ3v) is 2.21. The summed E-state index contributed by atoms with van der Waals surface area (Å²) in [5.74, 6) is -1.45. The molecule has 3 nitrogen and oxygen atoms in total. The third-order valence-electron chi connectivity index (χ3n) is 2.21. The molecule has 0 heterocycles. The van der Waals surface area contributed by atoms with Gasteiger partial charge in [-0.15, -0.1) is 0 Å². The van der Waals surface area contributed by atoms with Gasteiger partial charge in [-0.2, -0.15) is 13.2 Å². The molecule has 0 saturated carbocycles. The molecule has 0 amide bonds. The lowest BCUT2D eigenvalue weighted by Crippen LogP contribution is -2.23. The molecule has 0 unspecified atom stereocenters. The number of aliphatic hydroxyl groups is 1. The zero-order chi connectivity index (χ0) is 13.1. The van der Waals surface area contributed by atoms with Gasteiger partial charge in [-0.05, 0) is 11.1 Å². The Balaban J connectivity index is 2.88. The van der Waals surface area contributed by atoms with E-state index in [4.69, 9.17) is 10.2 Å². The lowest BCUT2D eigenvalue weighted by atomic mass is 9.99. The second-order valence-corrected chi connectivity index (χ2v) is 3.62. The number of aliphatic hydroxyl groups excluding tert-OH is 1. The number of benzene rings is 1. The van der Waals surface area contributed by atoms with Crippen LogP contribution in [-0.4, -0.2) is 28.5 Å². The van der Waals surface area contributed by atoms with Crippen molar-refractivity contribution < 1.29 is 28.2 Å². The number of carboxylic acids is 1. The number of hydrogen-bond donors (Lipinski definition) is 2. The number of aliphatic carboxylic acids is 1. The minimum atomic E-state index is -4.36. The highest BCUT2D eigenvalue weighted by Gasteiger charge is 2.29. The van der Waals surface area contributed by atoms with E-state index in [0.29, 0.717) is 0 Å². The average molecular weight is 248 g/mol. The maximum absolute atomic E-state index is 12.2. The van der Waals surface area contributed by atoms with Crippen molar-refractivity contribution in [1.82, 2.24) is 0 Å². The van der Waals surface area contributed by atoms with Crippen LogP contribution in [0.3, 0.4) is 0 Å². The molecule has 0 radical (unpaired) electrons. The quantitative estimate of drug-likeness (QED) is 0.853. The van der Waals surface area contributed by atoms with Gasteiger partial charge in [-0.3, -0.25) is 0 Å². The van der Waals surface area contributed by atoms with E-state index in [1.54, 1.807) is 0 Å². The maximum atomic E-state index is 12.2. The first-order chi connectivity index (χ1) is 7.79. The number of rotatable bonds is 4. The van der Waals surface area contributed by atoms with E-state index in [9.17, 15) is 18.0 Å². The van der Waals surface area contributed by atoms with E-state index in [0.717, 1.165) is 0 Å². The zero-order valence-corrected chi connectivity index (χ0v) is 8.74. The van der Waals surface area contributed by atoms with Crippen molar-refractivity contribution in [3.05, 3.63) is 35.4 Å². The highest BCUT2D eigenvalue weighted by Crippen LogP contribution is 2.24. The lowest BCUT2D eigenvalue weighted by Gasteiger charge is -2.13. The molecule has 0 fully saturated rings. The number of halogens is 3. The van der Waals surface area contributed by atoms with Crippen LogP contribution < -0.4 is 0 Å². The molecule has 0 aromatic heterocycles. The second-order valence-electron chi connectivity index (χ2n) is 3.62. The molecule has 6 heteroatoms. The van der Waals surface area contributed by atoms with Crippen LogP contribution >= 0.6 is 0 Å². The number of alkyl halides is 3. The van der Waals surface area contributed by atoms with Gasteiger partial charge < -0.3 is 10.2 Å². The van der Waals surface area contributed by atoms with Gasteiger partial charge in [0.05, 0.1) is 6.42 Å². The number of carbonyl (C=O) groups is 1. The zero-order valence-electron chi connectivity index (χ0n) is 8.74. The van der Waals surface area contributed by atoms with Gasteiger partial charge in [0.15, 0.2) is 6.10 Å². The van der Waals surface area contributed by atoms with E-state index in [-0.39, 0.29) is 17.5 Å². The average Bonchev–Trinajstić information content (AvgIpc) is 2.18. The van der Waals surface area contributed by atoms with E-state index < -0.39 is 24.7 Å². The van der Waals surface area contributed by atoms with E-state index in [1.165, 1.54) is 24.3 Å². The molecule has 17 heavy (non-hydrogen) atoms. The number of hydrogen-bond acceptors (Lipinski definition) is 2. The SMILES string of the molecule is O=C(O)[C@H](O)Cc1ccccc1CC(F)(F)F. The van der Waals surface area contributed by atoms with Gasteiger partial charge in [0.2, 0.25) is 0 Å². The Bertz CT molecular complexity index is 401. The van der Waals surface area contributed by atoms with Crippen LogP contribution in [0.25, 0.3) is 0 Å². The van der Waals surface area contributed by atoms with Crippen molar-refractivity contribution in [2.75, 3.05) is 0 Å². The molecule has 0 aliphatic carbocycles. The Morgan fingerprint density at radius 2 is 1.76 bits per heavy atom. The molecule has 2 N–H and O–H groups in total. The van der Waals surface area contributed by atoms with Gasteiger partial charge in [0.1, 0.15) is 0 Å². The Kier molecular flexibility index (Phi) is 4.11. The fraction of sp³-hybridized carbons (Fsp3) is 0.364. The van der Waals surface area contributed by atoms with E-state index in [1.807, 2.05) is 0 Å². The second kappa shape index (κ2) is 5.18. The van der Waals surface area contributed by atoms with Gasteiger partial charge >= 0.3 is 12.1 Å². The highest BCUT2D eigenvalue weighted by atomic mass is 19.4. The molecule has 0 spiro atoms. The maximum Gasteiger partial charge on any atom is 0.393 e. The molecule has 0 bridgehead atoms. The summed E-state index contributed by atoms with van der Waals surface area (Å²) in [5.41, 5.74) is 0.181. The third kappa shape index (κ3) is 4.44. The minimum Gasteiger partial charge on any atom is -0.479 e. The molecule has 1 aromatic rings. The van der Waals surface area contributed by atoms with Crippen LogP contribution in [0.5, 0.6) is 0 Å². The summed E-state index contributed by atoms with van der Waals surface area (Å²) in [6, 6.07) is 5.60. The summed E-state index contributed by atoms with van der Waals surface area (Å²) in [6.07, 6.45) is -7.51. The predicted molar refractivity (Wildman–Crippen MR) is 53.5 cm³/mol. The normalized spacial score (nSPS) is 13.4. The summed E-state index contributed by atoms with van der Waals surface area (Å²) >= 11 is 0. The molecule has 0 saturated heterocycles.